The largest absolute Gasteiger partial charge is 0.497 e. The average molecular weight is 389 g/mol. The summed E-state index contributed by atoms with van der Waals surface area (Å²) in [6, 6.07) is 5.96. The molecule has 1 aromatic carbocycles. The van der Waals surface area contributed by atoms with Gasteiger partial charge in [0.15, 0.2) is 0 Å². The molecule has 2 unspecified atom stereocenters. The highest BCUT2D eigenvalue weighted by molar-refractivity contribution is 7.99. The second-order valence-corrected chi connectivity index (χ2v) is 8.95. The Kier molecular flexibility index (Phi) is 5.74. The average Bonchev–Trinajstić information content (AvgIpc) is 3.39. The summed E-state index contributed by atoms with van der Waals surface area (Å²) in [5.41, 5.74) is 2.69. The van der Waals surface area contributed by atoms with E-state index in [0.29, 0.717) is 12.3 Å². The van der Waals surface area contributed by atoms with E-state index in [4.69, 9.17) is 4.74 Å². The van der Waals surface area contributed by atoms with Crippen molar-refractivity contribution in [3.05, 3.63) is 29.3 Å². The molecule has 2 aliphatic heterocycles. The number of methoxy groups -OCH3 is 1. The first kappa shape index (κ1) is 18.8. The van der Waals surface area contributed by atoms with Crippen molar-refractivity contribution in [1.82, 2.24) is 10.2 Å². The number of Topliss-reactive ketones (excluding diaryl/α,β-unsaturated/α-hetero) is 1. The van der Waals surface area contributed by atoms with Crippen LogP contribution >= 0.6 is 11.8 Å². The van der Waals surface area contributed by atoms with Crippen molar-refractivity contribution in [2.45, 2.75) is 38.1 Å². The number of ether oxygens (including phenoxy) is 1. The summed E-state index contributed by atoms with van der Waals surface area (Å²) in [6.45, 7) is 1.58. The minimum atomic E-state index is -0.309. The van der Waals surface area contributed by atoms with Gasteiger partial charge in [-0.3, -0.25) is 9.59 Å². The monoisotopic (exact) mass is 388 g/mol. The lowest BCUT2D eigenvalue weighted by atomic mass is 9.79. The van der Waals surface area contributed by atoms with E-state index in [-0.39, 0.29) is 23.7 Å². The van der Waals surface area contributed by atoms with Crippen molar-refractivity contribution in [3.63, 3.8) is 0 Å². The third-order valence-electron chi connectivity index (χ3n) is 6.20. The minimum absolute atomic E-state index is 0.122. The molecule has 3 atom stereocenters. The predicted molar refractivity (Wildman–Crippen MR) is 107 cm³/mol. The lowest BCUT2D eigenvalue weighted by molar-refractivity contribution is -0.136. The molecule has 27 heavy (non-hydrogen) atoms. The highest BCUT2D eigenvalue weighted by atomic mass is 32.2. The minimum Gasteiger partial charge on any atom is -0.497 e. The Morgan fingerprint density at radius 1 is 1.30 bits per heavy atom. The molecule has 1 N–H and O–H groups in total. The number of benzene rings is 1. The van der Waals surface area contributed by atoms with E-state index in [1.165, 1.54) is 11.1 Å². The summed E-state index contributed by atoms with van der Waals surface area (Å²) in [5, 5.41) is 3.29. The van der Waals surface area contributed by atoms with Crippen molar-refractivity contribution >= 4 is 23.5 Å². The smallest absolute Gasteiger partial charge is 0.241 e. The number of nitrogens with zero attached hydrogens (tertiary/aromatic N) is 1. The van der Waals surface area contributed by atoms with Gasteiger partial charge in [0.1, 0.15) is 11.5 Å². The Morgan fingerprint density at radius 2 is 2.19 bits per heavy atom. The maximum atomic E-state index is 13.0. The van der Waals surface area contributed by atoms with Crippen LogP contribution < -0.4 is 10.1 Å². The molecule has 6 heteroatoms. The van der Waals surface area contributed by atoms with Gasteiger partial charge in [-0.2, -0.15) is 0 Å². The Bertz CT molecular complexity index is 717. The molecule has 5 nitrogen and oxygen atoms in total. The number of amides is 1. The zero-order chi connectivity index (χ0) is 18.8. The second-order valence-electron chi connectivity index (χ2n) is 7.88. The van der Waals surface area contributed by atoms with E-state index >= 15 is 0 Å². The van der Waals surface area contributed by atoms with Crippen LogP contribution in [0.1, 0.15) is 30.4 Å². The fourth-order valence-corrected chi connectivity index (χ4v) is 5.59. The van der Waals surface area contributed by atoms with Gasteiger partial charge in [-0.05, 0) is 61.4 Å². The molecule has 146 valence electrons. The maximum absolute atomic E-state index is 13.0. The molecule has 2 saturated heterocycles. The number of carbonyl (C=O) groups excluding carboxylic acids is 2. The molecular weight excluding hydrogens is 360 g/mol. The molecule has 1 aromatic rings. The third kappa shape index (κ3) is 4.02. The van der Waals surface area contributed by atoms with E-state index in [9.17, 15) is 9.59 Å². The van der Waals surface area contributed by atoms with Crippen LogP contribution in [0.3, 0.4) is 0 Å². The van der Waals surface area contributed by atoms with E-state index in [1.807, 2.05) is 11.0 Å². The van der Waals surface area contributed by atoms with Crippen molar-refractivity contribution in [2.24, 2.45) is 11.8 Å². The van der Waals surface area contributed by atoms with Crippen LogP contribution in [0.25, 0.3) is 0 Å². The Morgan fingerprint density at radius 3 is 2.96 bits per heavy atom. The van der Waals surface area contributed by atoms with Gasteiger partial charge in [-0.1, -0.05) is 6.07 Å². The van der Waals surface area contributed by atoms with Crippen LogP contribution in [-0.4, -0.2) is 54.5 Å². The highest BCUT2D eigenvalue weighted by Crippen LogP contribution is 2.32. The number of thioether (sulfide) groups is 1. The van der Waals surface area contributed by atoms with Gasteiger partial charge in [-0.15, -0.1) is 11.8 Å². The highest BCUT2D eigenvalue weighted by Gasteiger charge is 2.40. The van der Waals surface area contributed by atoms with E-state index < -0.39 is 0 Å². The first-order valence-electron chi connectivity index (χ1n) is 9.94. The van der Waals surface area contributed by atoms with E-state index in [0.717, 1.165) is 56.2 Å². The number of hydrogen-bond acceptors (Lipinski definition) is 5. The lowest BCUT2D eigenvalue weighted by Crippen LogP contribution is -2.47. The third-order valence-corrected chi connectivity index (χ3v) is 7.17. The van der Waals surface area contributed by atoms with Crippen molar-refractivity contribution < 1.29 is 14.3 Å². The molecule has 1 amide bonds. The molecule has 0 radical (unpaired) electrons. The summed E-state index contributed by atoms with van der Waals surface area (Å²) in [4.78, 5) is 27.7. The van der Waals surface area contributed by atoms with Gasteiger partial charge in [0.05, 0.1) is 19.0 Å². The number of ketones is 1. The van der Waals surface area contributed by atoms with E-state index in [2.05, 4.69) is 17.4 Å². The SMILES string of the molecule is COc1ccc2c(c1)CCC(CC(=O)C1CCN[C@H]1C(=O)N1CCSC1)C2. The molecule has 0 spiro atoms. The molecule has 3 aliphatic rings. The Balaban J connectivity index is 1.37. The van der Waals surface area contributed by atoms with Gasteiger partial charge < -0.3 is 15.0 Å². The Labute approximate surface area is 165 Å². The molecular formula is C21H28N2O3S. The molecule has 2 heterocycles. The van der Waals surface area contributed by atoms with Crippen LogP contribution in [0.2, 0.25) is 0 Å². The summed E-state index contributed by atoms with van der Waals surface area (Å²) >= 11 is 1.79. The number of carbonyl (C=O) groups is 2. The normalized spacial score (nSPS) is 27.4. The molecule has 2 fully saturated rings. The Hall–Kier alpha value is -1.53. The number of fused-ring (bicyclic) bond motifs is 1. The summed E-state index contributed by atoms with van der Waals surface area (Å²) < 4.78 is 5.32. The number of rotatable bonds is 5. The lowest BCUT2D eigenvalue weighted by Gasteiger charge is -2.27. The van der Waals surface area contributed by atoms with Gasteiger partial charge in [0.25, 0.3) is 0 Å². The standard InChI is InChI=1S/C21H28N2O3S/c1-26-17-5-4-15-10-14(2-3-16(15)12-17)11-19(24)18-6-7-22-20(18)21(25)23-8-9-27-13-23/h4-5,12,14,18,20,22H,2-3,6-11,13H2,1H3/t14?,18?,20-/m1/s1. The van der Waals surface area contributed by atoms with Gasteiger partial charge in [0.2, 0.25) is 5.91 Å². The predicted octanol–water partition coefficient (Wildman–Crippen LogP) is 2.27. The van der Waals surface area contributed by atoms with Gasteiger partial charge >= 0.3 is 0 Å². The summed E-state index contributed by atoms with van der Waals surface area (Å²) in [6.07, 6.45) is 4.37. The second kappa shape index (κ2) is 8.23. The maximum Gasteiger partial charge on any atom is 0.241 e. The zero-order valence-corrected chi connectivity index (χ0v) is 16.7. The number of nitrogens with one attached hydrogen (secondary N) is 1. The molecule has 0 bridgehead atoms. The van der Waals surface area contributed by atoms with Crippen molar-refractivity contribution in [3.8, 4) is 5.75 Å². The molecule has 0 aromatic heterocycles. The molecule has 0 saturated carbocycles. The molecule has 4 rings (SSSR count). The number of aryl methyl sites for hydroxylation is 1. The first-order valence-corrected chi connectivity index (χ1v) is 11.1. The van der Waals surface area contributed by atoms with Crippen LogP contribution in [0.5, 0.6) is 5.75 Å². The zero-order valence-electron chi connectivity index (χ0n) is 15.9. The summed E-state index contributed by atoms with van der Waals surface area (Å²) in [5.74, 6) is 3.30. The van der Waals surface area contributed by atoms with Gasteiger partial charge in [0, 0.05) is 24.6 Å². The van der Waals surface area contributed by atoms with Crippen LogP contribution in [-0.2, 0) is 22.4 Å². The van der Waals surface area contributed by atoms with Crippen molar-refractivity contribution in [2.75, 3.05) is 31.8 Å². The molecule has 1 aliphatic carbocycles. The van der Waals surface area contributed by atoms with E-state index in [1.54, 1.807) is 18.9 Å². The van der Waals surface area contributed by atoms with Crippen LogP contribution in [0.4, 0.5) is 0 Å². The fraction of sp³-hybridized carbons (Fsp3) is 0.619. The van der Waals surface area contributed by atoms with Gasteiger partial charge in [-0.25, -0.2) is 0 Å². The van der Waals surface area contributed by atoms with Crippen molar-refractivity contribution in [1.29, 1.82) is 0 Å². The topological polar surface area (TPSA) is 58.6 Å². The first-order chi connectivity index (χ1) is 13.2. The fourth-order valence-electron chi connectivity index (χ4n) is 4.64. The number of hydrogen-bond donors (Lipinski definition) is 1. The summed E-state index contributed by atoms with van der Waals surface area (Å²) in [7, 11) is 1.69. The quantitative estimate of drug-likeness (QED) is 0.839. The van der Waals surface area contributed by atoms with Crippen LogP contribution in [0, 0.1) is 11.8 Å². The van der Waals surface area contributed by atoms with Crippen LogP contribution in [0.15, 0.2) is 18.2 Å².